The van der Waals surface area contributed by atoms with Crippen LogP contribution in [0.2, 0.25) is 0 Å². The largest absolute Gasteiger partial charge is 0.387 e. The zero-order valence-corrected chi connectivity index (χ0v) is 5.43. The molecule has 0 saturated carbocycles. The summed E-state index contributed by atoms with van der Waals surface area (Å²) in [6.07, 6.45) is 5.55. The lowest BCUT2D eigenvalue weighted by Crippen LogP contribution is -2.34. The molecule has 0 spiro atoms. The quantitative estimate of drug-likeness (QED) is 0.478. The highest BCUT2D eigenvalue weighted by molar-refractivity contribution is 4.99. The predicted molar refractivity (Wildman–Crippen MR) is 37.0 cm³/mol. The fraction of sp³-hybridized carbons (Fsp3) is 0.714. The minimum atomic E-state index is 0.718. The minimum Gasteiger partial charge on any atom is -0.387 e. The van der Waals surface area contributed by atoms with Crippen molar-refractivity contribution in [2.24, 2.45) is 5.92 Å². The summed E-state index contributed by atoms with van der Waals surface area (Å²) >= 11 is 0. The average molecular weight is 124 g/mol. The number of fused-ring (bicyclic) bond motifs is 1. The van der Waals surface area contributed by atoms with Crippen molar-refractivity contribution in [2.45, 2.75) is 12.5 Å². The molecule has 2 nitrogen and oxygen atoms in total. The van der Waals surface area contributed by atoms with E-state index in [1.54, 1.807) is 0 Å². The Morgan fingerprint density at radius 2 is 2.33 bits per heavy atom. The van der Waals surface area contributed by atoms with Crippen molar-refractivity contribution in [1.82, 2.24) is 10.6 Å². The minimum absolute atomic E-state index is 0.718. The molecule has 9 heavy (non-hydrogen) atoms. The average Bonchev–Trinajstić information content (AvgIpc) is 2.33. The lowest BCUT2D eigenvalue weighted by Gasteiger charge is -2.20. The highest BCUT2D eigenvalue weighted by atomic mass is 15.0. The summed E-state index contributed by atoms with van der Waals surface area (Å²) in [5, 5.41) is 6.70. The summed E-state index contributed by atoms with van der Waals surface area (Å²) in [5.74, 6) is 0.856. The molecule has 0 aliphatic carbocycles. The Hall–Kier alpha value is -0.500. The first-order chi connectivity index (χ1) is 4.47. The molecule has 2 rings (SSSR count). The monoisotopic (exact) mass is 124 g/mol. The highest BCUT2D eigenvalue weighted by Crippen LogP contribution is 2.16. The van der Waals surface area contributed by atoms with Gasteiger partial charge in [0.1, 0.15) is 0 Å². The number of hydrogen-bond acceptors (Lipinski definition) is 2. The summed E-state index contributed by atoms with van der Waals surface area (Å²) in [7, 11) is 0. The maximum absolute atomic E-state index is 3.36. The van der Waals surface area contributed by atoms with Gasteiger partial charge in [-0.1, -0.05) is 6.08 Å². The first-order valence-corrected chi connectivity index (χ1v) is 3.58. The first kappa shape index (κ1) is 5.30. The van der Waals surface area contributed by atoms with Crippen LogP contribution in [-0.2, 0) is 0 Å². The second-order valence-corrected chi connectivity index (χ2v) is 2.83. The van der Waals surface area contributed by atoms with E-state index in [-0.39, 0.29) is 0 Å². The zero-order valence-electron chi connectivity index (χ0n) is 5.43. The van der Waals surface area contributed by atoms with E-state index in [4.69, 9.17) is 0 Å². The molecule has 50 valence electrons. The first-order valence-electron chi connectivity index (χ1n) is 3.58. The van der Waals surface area contributed by atoms with E-state index < -0.39 is 0 Å². The third-order valence-corrected chi connectivity index (χ3v) is 2.21. The number of rotatable bonds is 0. The summed E-state index contributed by atoms with van der Waals surface area (Å²) in [4.78, 5) is 0. The Balaban J connectivity index is 2.07. The SMILES string of the molecule is C1=CNC2CNCC2C1. The maximum atomic E-state index is 3.36. The smallest absolute Gasteiger partial charge is 0.0423 e. The van der Waals surface area contributed by atoms with Gasteiger partial charge < -0.3 is 10.6 Å². The normalized spacial score (nSPS) is 40.0. The van der Waals surface area contributed by atoms with Crippen LogP contribution in [0.1, 0.15) is 6.42 Å². The Morgan fingerprint density at radius 1 is 1.33 bits per heavy atom. The fourth-order valence-corrected chi connectivity index (χ4v) is 1.61. The van der Waals surface area contributed by atoms with Gasteiger partial charge >= 0.3 is 0 Å². The third-order valence-electron chi connectivity index (χ3n) is 2.21. The molecular weight excluding hydrogens is 112 g/mol. The summed E-state index contributed by atoms with van der Waals surface area (Å²) < 4.78 is 0. The Bertz CT molecular complexity index is 117. The Kier molecular flexibility index (Phi) is 1.19. The number of hydrogen-bond donors (Lipinski definition) is 2. The van der Waals surface area contributed by atoms with Crippen molar-refractivity contribution < 1.29 is 0 Å². The van der Waals surface area contributed by atoms with Crippen LogP contribution in [-0.4, -0.2) is 19.1 Å². The highest BCUT2D eigenvalue weighted by Gasteiger charge is 2.26. The van der Waals surface area contributed by atoms with Crippen molar-refractivity contribution in [1.29, 1.82) is 0 Å². The van der Waals surface area contributed by atoms with Crippen LogP contribution >= 0.6 is 0 Å². The molecule has 2 heteroatoms. The Morgan fingerprint density at radius 3 is 3.22 bits per heavy atom. The zero-order chi connectivity index (χ0) is 6.10. The molecule has 0 aromatic carbocycles. The molecule has 0 radical (unpaired) electrons. The molecule has 2 N–H and O–H groups in total. The fourth-order valence-electron chi connectivity index (χ4n) is 1.61. The van der Waals surface area contributed by atoms with Gasteiger partial charge in [-0.25, -0.2) is 0 Å². The van der Waals surface area contributed by atoms with Gasteiger partial charge in [0.25, 0.3) is 0 Å². The van der Waals surface area contributed by atoms with Crippen molar-refractivity contribution in [3.8, 4) is 0 Å². The van der Waals surface area contributed by atoms with Crippen molar-refractivity contribution in [3.63, 3.8) is 0 Å². The van der Waals surface area contributed by atoms with Crippen molar-refractivity contribution in [3.05, 3.63) is 12.3 Å². The predicted octanol–water partition coefficient (Wildman–Crippen LogP) is 0.0814. The van der Waals surface area contributed by atoms with Gasteiger partial charge in [0.2, 0.25) is 0 Å². The van der Waals surface area contributed by atoms with Crippen LogP contribution in [0.5, 0.6) is 0 Å². The van der Waals surface area contributed by atoms with E-state index in [9.17, 15) is 0 Å². The van der Waals surface area contributed by atoms with Gasteiger partial charge in [-0.3, -0.25) is 0 Å². The van der Waals surface area contributed by atoms with Gasteiger partial charge in [-0.15, -0.1) is 0 Å². The van der Waals surface area contributed by atoms with Gasteiger partial charge in [0.05, 0.1) is 0 Å². The second kappa shape index (κ2) is 2.03. The molecule has 1 fully saturated rings. The molecular formula is C7H12N2. The summed E-state index contributed by atoms with van der Waals surface area (Å²) in [5.41, 5.74) is 0. The lowest BCUT2D eigenvalue weighted by atomic mass is 9.98. The van der Waals surface area contributed by atoms with Gasteiger partial charge in [-0.2, -0.15) is 0 Å². The van der Waals surface area contributed by atoms with Crippen molar-refractivity contribution >= 4 is 0 Å². The standard InChI is InChI=1S/C7H12N2/c1-2-6-4-8-5-7(6)9-3-1/h1,3,6-9H,2,4-5H2. The van der Waals surface area contributed by atoms with Crippen LogP contribution in [0.25, 0.3) is 0 Å². The summed E-state index contributed by atoms with van der Waals surface area (Å²) in [6, 6.07) is 0.718. The molecule has 0 amide bonds. The molecule has 2 aliphatic rings. The van der Waals surface area contributed by atoms with E-state index in [0.717, 1.165) is 18.5 Å². The Labute approximate surface area is 55.3 Å². The van der Waals surface area contributed by atoms with Gasteiger partial charge in [-0.05, 0) is 18.5 Å². The second-order valence-electron chi connectivity index (χ2n) is 2.83. The van der Waals surface area contributed by atoms with E-state index in [0.29, 0.717) is 0 Å². The molecule has 0 aromatic heterocycles. The molecule has 1 saturated heterocycles. The molecule has 0 aromatic rings. The third kappa shape index (κ3) is 0.833. The topological polar surface area (TPSA) is 24.1 Å². The molecule has 2 unspecified atom stereocenters. The van der Waals surface area contributed by atoms with E-state index >= 15 is 0 Å². The van der Waals surface area contributed by atoms with Crippen LogP contribution in [0.4, 0.5) is 0 Å². The molecule has 2 aliphatic heterocycles. The van der Waals surface area contributed by atoms with Crippen LogP contribution in [0, 0.1) is 5.92 Å². The summed E-state index contributed by atoms with van der Waals surface area (Å²) in [6.45, 7) is 2.34. The maximum Gasteiger partial charge on any atom is 0.0423 e. The van der Waals surface area contributed by atoms with E-state index in [2.05, 4.69) is 22.9 Å². The van der Waals surface area contributed by atoms with E-state index in [1.807, 2.05) is 0 Å². The molecule has 2 heterocycles. The van der Waals surface area contributed by atoms with Crippen LogP contribution in [0.15, 0.2) is 12.3 Å². The lowest BCUT2D eigenvalue weighted by molar-refractivity contribution is 0.453. The molecule has 0 bridgehead atoms. The molecule has 2 atom stereocenters. The van der Waals surface area contributed by atoms with E-state index in [1.165, 1.54) is 13.0 Å². The number of nitrogens with one attached hydrogen (secondary N) is 2. The van der Waals surface area contributed by atoms with Crippen LogP contribution in [0.3, 0.4) is 0 Å². The van der Waals surface area contributed by atoms with Gasteiger partial charge in [0, 0.05) is 19.1 Å². The number of allylic oxidation sites excluding steroid dienone is 1. The van der Waals surface area contributed by atoms with Crippen LogP contribution < -0.4 is 10.6 Å². The van der Waals surface area contributed by atoms with Gasteiger partial charge in [0.15, 0.2) is 0 Å². The van der Waals surface area contributed by atoms with Crippen molar-refractivity contribution in [2.75, 3.05) is 13.1 Å².